The number of pyridine rings is 3. The predicted octanol–water partition coefficient (Wildman–Crippen LogP) is 17.7. The second-order valence-electron chi connectivity index (χ2n) is 30.3. The van der Waals surface area contributed by atoms with E-state index in [0.29, 0.717) is 193 Å². The highest BCUT2D eigenvalue weighted by atomic mass is 35.5. The minimum atomic E-state index is -0.518. The van der Waals surface area contributed by atoms with Crippen molar-refractivity contribution in [3.05, 3.63) is 288 Å². The van der Waals surface area contributed by atoms with Crippen LogP contribution in [0.3, 0.4) is 0 Å². The molecule has 3 aliphatic heterocycles. The van der Waals surface area contributed by atoms with Crippen molar-refractivity contribution >= 4 is 84.8 Å². The SMILES string of the molecule is CNC(=O)c1cnc(N(Cc2ccccc2)Cc2ccccc2)c2[nH]c(-c3cccc(-c4cn5c(n4)OCCC5)c3F)cc12.CNC(=O)c1cnc(N)c2[nH]c(-c3cccc(-c4cn5c(n4)OCCC5)c3F)cc12.COC(=O)c1cnc(N(Cc2ccccc2)Cc2ccccc2)c2[nH]c(-c3cccc(-c4cn5c(n4)OCCC5)c3F)cc12.O=C(Cl)C1CC1. The molecule has 12 heterocycles. The van der Waals surface area contributed by atoms with E-state index in [9.17, 15) is 19.2 Å². The van der Waals surface area contributed by atoms with Crippen LogP contribution >= 0.6 is 11.6 Å². The Morgan fingerprint density at radius 1 is 0.460 bits per heavy atom. The molecule has 29 heteroatoms. The first kappa shape index (κ1) is 81.6. The van der Waals surface area contributed by atoms with Gasteiger partial charge in [0.1, 0.15) is 23.3 Å². The van der Waals surface area contributed by atoms with E-state index in [1.165, 1.54) is 26.6 Å². The minimum Gasteiger partial charge on any atom is -0.465 e. The number of halogens is 4. The Balaban J connectivity index is 0.000000129. The first-order valence-corrected chi connectivity index (χ1v) is 41.1. The first-order valence-electron chi connectivity index (χ1n) is 40.7. The monoisotopic (exact) mass is 1680 g/mol. The van der Waals surface area contributed by atoms with E-state index in [1.807, 2.05) is 111 Å². The highest BCUT2D eigenvalue weighted by molar-refractivity contribution is 6.64. The number of nitrogens with one attached hydrogen (secondary N) is 5. The zero-order valence-corrected chi connectivity index (χ0v) is 68.7. The lowest BCUT2D eigenvalue weighted by Crippen LogP contribution is -2.24. The van der Waals surface area contributed by atoms with Gasteiger partial charge < -0.3 is 73.8 Å². The summed E-state index contributed by atoms with van der Waals surface area (Å²) in [5.41, 5.74) is 18.5. The Morgan fingerprint density at radius 2 is 0.782 bits per heavy atom. The Labute approximate surface area is 715 Å². The van der Waals surface area contributed by atoms with Crippen molar-refractivity contribution in [2.75, 3.05) is 56.6 Å². The third-order valence-corrected chi connectivity index (χ3v) is 22.2. The number of hydrogen-bond donors (Lipinski definition) is 6. The number of methoxy groups -OCH3 is 1. The molecule has 16 aromatic rings. The van der Waals surface area contributed by atoms with E-state index in [2.05, 4.69) is 104 Å². The summed E-state index contributed by atoms with van der Waals surface area (Å²) in [7, 11) is 4.46. The van der Waals surface area contributed by atoms with Crippen LogP contribution in [0.5, 0.6) is 18.0 Å². The number of fused-ring (bicyclic) bond motifs is 6. The second-order valence-corrected chi connectivity index (χ2v) is 30.6. The van der Waals surface area contributed by atoms with Crippen LogP contribution in [-0.2, 0) is 55.3 Å². The van der Waals surface area contributed by atoms with Gasteiger partial charge in [0.05, 0.1) is 77.3 Å². The number of H-pyrrole nitrogens is 3. The number of nitrogen functional groups attached to an aromatic ring is 1. The maximum atomic E-state index is 16.3. The number of amides is 2. The predicted molar refractivity (Wildman–Crippen MR) is 470 cm³/mol. The van der Waals surface area contributed by atoms with Crippen LogP contribution in [-0.4, -0.2) is 123 Å². The highest BCUT2D eigenvalue weighted by Crippen LogP contribution is 2.42. The molecule has 1 fully saturated rings. The number of aromatic nitrogens is 12. The van der Waals surface area contributed by atoms with Crippen molar-refractivity contribution in [1.82, 2.24) is 69.2 Å². The number of benzene rings is 7. The number of anilines is 3. The fourth-order valence-electron chi connectivity index (χ4n) is 15.5. The topological polar surface area (TPSA) is 301 Å². The van der Waals surface area contributed by atoms with E-state index in [1.54, 1.807) is 80.1 Å². The van der Waals surface area contributed by atoms with Gasteiger partial charge in [0.15, 0.2) is 11.6 Å². The smallest absolute Gasteiger partial charge is 0.340 e. The van der Waals surface area contributed by atoms with Gasteiger partial charge in [-0.3, -0.25) is 14.4 Å². The summed E-state index contributed by atoms with van der Waals surface area (Å²) >= 11 is 5.04. The molecule has 0 atom stereocenters. The van der Waals surface area contributed by atoms with Crippen molar-refractivity contribution in [2.45, 2.75) is 77.9 Å². The van der Waals surface area contributed by atoms with Crippen LogP contribution in [0.25, 0.3) is 100 Å². The van der Waals surface area contributed by atoms with Crippen LogP contribution < -0.4 is 40.4 Å². The molecule has 0 bridgehead atoms. The van der Waals surface area contributed by atoms with Crippen molar-refractivity contribution in [2.24, 2.45) is 5.92 Å². The van der Waals surface area contributed by atoms with Gasteiger partial charge in [-0.05, 0) is 121 Å². The largest absolute Gasteiger partial charge is 0.465 e. The summed E-state index contributed by atoms with van der Waals surface area (Å²) in [6, 6.07) is 63.0. The summed E-state index contributed by atoms with van der Waals surface area (Å²) in [6.07, 6.45) is 14.7. The number of nitrogens with two attached hydrogens (primary N) is 1. The third kappa shape index (κ3) is 17.3. The molecule has 9 aromatic heterocycles. The van der Waals surface area contributed by atoms with Gasteiger partial charge in [-0.1, -0.05) is 140 Å². The van der Waals surface area contributed by atoms with Crippen molar-refractivity contribution in [3.63, 3.8) is 0 Å². The summed E-state index contributed by atoms with van der Waals surface area (Å²) in [5, 5.41) is 6.96. The minimum absolute atomic E-state index is 0.157. The zero-order chi connectivity index (χ0) is 85.5. The summed E-state index contributed by atoms with van der Waals surface area (Å²) in [6.45, 7) is 6.47. The molecule has 0 radical (unpaired) electrons. The number of ether oxygens (including phenoxy) is 4. The molecular formula is C95H85ClF3N17O8. The molecule has 20 rings (SSSR count). The average Bonchev–Trinajstić information content (AvgIpc) is 1.61. The Bertz CT molecular complexity index is 6190. The van der Waals surface area contributed by atoms with Gasteiger partial charge in [0, 0.05) is 170 Å². The van der Waals surface area contributed by atoms with Crippen LogP contribution in [0.15, 0.2) is 231 Å². The molecule has 25 nitrogen and oxygen atoms in total. The van der Waals surface area contributed by atoms with E-state index in [-0.39, 0.29) is 28.8 Å². The van der Waals surface area contributed by atoms with Crippen molar-refractivity contribution in [3.8, 4) is 85.6 Å². The van der Waals surface area contributed by atoms with Gasteiger partial charge in [0.25, 0.3) is 29.8 Å². The number of aryl methyl sites for hydroxylation is 3. The molecule has 0 unspecified atom stereocenters. The van der Waals surface area contributed by atoms with Crippen LogP contribution in [0.4, 0.5) is 30.6 Å². The summed E-state index contributed by atoms with van der Waals surface area (Å²) in [5.74, 6) is -0.561. The number of nitrogens with zero attached hydrogens (tertiary/aromatic N) is 11. The lowest BCUT2D eigenvalue weighted by atomic mass is 10.0. The number of rotatable bonds is 20. The molecule has 4 aliphatic rings. The number of hydrogen-bond acceptors (Lipinski definition) is 17. The molecule has 2 amide bonds. The number of esters is 1. The Kier molecular flexibility index (Phi) is 23.8. The number of carbonyl (C=O) groups is 4. The molecule has 1 saturated carbocycles. The quantitative estimate of drug-likeness (QED) is 0.0305. The van der Waals surface area contributed by atoms with Gasteiger partial charge in [-0.25, -0.2) is 32.9 Å². The van der Waals surface area contributed by atoms with Crippen LogP contribution in [0, 0.1) is 23.4 Å². The Hall–Kier alpha value is -14.8. The maximum absolute atomic E-state index is 16.3. The van der Waals surface area contributed by atoms with Crippen molar-refractivity contribution in [1.29, 1.82) is 0 Å². The Morgan fingerprint density at radius 3 is 1.10 bits per heavy atom. The van der Waals surface area contributed by atoms with Gasteiger partial charge in [-0.15, -0.1) is 0 Å². The van der Waals surface area contributed by atoms with Crippen molar-refractivity contribution < 1.29 is 51.3 Å². The van der Waals surface area contributed by atoms with Gasteiger partial charge in [0.2, 0.25) is 5.24 Å². The number of imidazole rings is 3. The molecule has 7 N–H and O–H groups in total. The fourth-order valence-corrected chi connectivity index (χ4v) is 15.7. The molecule has 626 valence electrons. The van der Waals surface area contributed by atoms with Gasteiger partial charge >= 0.3 is 5.97 Å². The highest BCUT2D eigenvalue weighted by Gasteiger charge is 2.30. The number of aromatic amines is 3. The van der Waals surface area contributed by atoms with Crippen LogP contribution in [0.2, 0.25) is 0 Å². The zero-order valence-electron chi connectivity index (χ0n) is 67.9. The second kappa shape index (κ2) is 36.3. The van der Waals surface area contributed by atoms with E-state index in [4.69, 9.17) is 46.3 Å². The van der Waals surface area contributed by atoms with Gasteiger partial charge in [-0.2, -0.15) is 15.0 Å². The normalized spacial score (nSPS) is 13.1. The fraction of sp³-hybridized carbons (Fsp3) is 0.200. The van der Waals surface area contributed by atoms with E-state index in [0.717, 1.165) is 74.0 Å². The summed E-state index contributed by atoms with van der Waals surface area (Å²) in [4.78, 5) is 89.4. The summed E-state index contributed by atoms with van der Waals surface area (Å²) < 4.78 is 75.7. The van der Waals surface area contributed by atoms with E-state index >= 15 is 13.2 Å². The molecule has 7 aromatic carbocycles. The maximum Gasteiger partial charge on any atom is 0.340 e. The molecule has 0 spiro atoms. The lowest BCUT2D eigenvalue weighted by Gasteiger charge is -2.25. The van der Waals surface area contributed by atoms with E-state index < -0.39 is 23.4 Å². The first-order chi connectivity index (χ1) is 60.5. The average molecular weight is 1690 g/mol. The standard InChI is InChI=1S/C35H31FN6O2.C35H30FN5O3.C21H19FN6O2.C4H5ClO/c1-37-34(43)28-19-38-33(42(20-23-10-4-2-5-11-23)21-24-12-6-3-7-13-24)32-27(28)18-29(39-32)25-14-8-15-26(31(25)36)30-22-41-16-9-17-44-35(41)40-30;1-43-34(42)28-19-37-33(41(20-23-10-4-2-5-11-23)21-24-12-6-3-7-13-24)32-27(28)18-29(38-32)25-14-8-15-26(31(25)36)30-22-40-16-9-17-44-35(40)39-30;1-24-20(29)14-9-25-19(23)18-13(14)8-15(26-18)11-4-2-5-12(17(11)22)16-10-28-6-3-7-30-21(28)27-16;5-4(6)3-1-2-3/h2-8,10-15,18-19,22,39H,9,16-17,20-21H2,1H3,(H,37,43);2-8,10-15,18-19,22,38H,9,16-17,20-21H2,1H3;2,4-5,8-10,26H,3,6-7H2,1H3,(H2,23,25)(H,24,29);3H,1-2H2. The molecular weight excluding hydrogens is 1600 g/mol. The van der Waals surface area contributed by atoms with Crippen LogP contribution in [0.1, 0.15) is 85.4 Å². The molecule has 124 heavy (non-hydrogen) atoms. The lowest BCUT2D eigenvalue weighted by molar-refractivity contribution is -0.112. The molecule has 1 aliphatic carbocycles. The molecule has 0 saturated heterocycles. The number of carbonyl (C=O) groups excluding carboxylic acids is 4. The third-order valence-electron chi connectivity index (χ3n) is 21.9.